The number of unbranched alkanes of at least 4 members (excludes halogenated alkanes) is 1. The van der Waals surface area contributed by atoms with Gasteiger partial charge in [-0.15, -0.1) is 0 Å². The van der Waals surface area contributed by atoms with Gasteiger partial charge in [-0.1, -0.05) is 13.3 Å². The summed E-state index contributed by atoms with van der Waals surface area (Å²) < 4.78 is 0. The molecular formula is C16H31N5O2. The van der Waals surface area contributed by atoms with Crippen LogP contribution in [-0.2, 0) is 9.59 Å². The molecule has 1 unspecified atom stereocenters. The largest absolute Gasteiger partial charge is 0.370 e. The second-order valence-electron chi connectivity index (χ2n) is 6.33. The zero-order valence-electron chi connectivity index (χ0n) is 14.7. The number of guanidine groups is 1. The van der Waals surface area contributed by atoms with Crippen LogP contribution in [0.3, 0.4) is 0 Å². The van der Waals surface area contributed by atoms with Crippen LogP contribution in [-0.4, -0.2) is 67.8 Å². The topological polar surface area (TPSA) is 91.0 Å². The molecule has 1 atom stereocenters. The molecule has 0 aliphatic carbocycles. The van der Waals surface area contributed by atoms with Crippen LogP contribution in [0.2, 0.25) is 0 Å². The highest BCUT2D eigenvalue weighted by atomic mass is 16.2. The van der Waals surface area contributed by atoms with E-state index in [0.717, 1.165) is 51.3 Å². The molecule has 0 radical (unpaired) electrons. The normalized spacial score (nSPS) is 18.7. The highest BCUT2D eigenvalue weighted by Gasteiger charge is 2.23. The van der Waals surface area contributed by atoms with Crippen molar-refractivity contribution in [3.63, 3.8) is 0 Å². The van der Waals surface area contributed by atoms with Gasteiger partial charge in [0, 0.05) is 40.2 Å². The smallest absolute Gasteiger partial charge is 0.243 e. The van der Waals surface area contributed by atoms with E-state index >= 15 is 0 Å². The zero-order valence-corrected chi connectivity index (χ0v) is 14.7. The van der Waals surface area contributed by atoms with Gasteiger partial charge in [0.15, 0.2) is 5.96 Å². The summed E-state index contributed by atoms with van der Waals surface area (Å²) >= 11 is 0. The van der Waals surface area contributed by atoms with Crippen molar-refractivity contribution in [3.8, 4) is 0 Å². The first-order chi connectivity index (χ1) is 10.9. The predicted molar refractivity (Wildman–Crippen MR) is 92.0 cm³/mol. The Bertz CT molecular complexity index is 423. The number of hydrogen-bond acceptors (Lipinski definition) is 3. The minimum atomic E-state index is -0.253. The Morgan fingerprint density at radius 1 is 1.39 bits per heavy atom. The third kappa shape index (κ3) is 7.34. The number of nitrogens with two attached hydrogens (primary N) is 1. The number of nitrogens with zero attached hydrogens (tertiary/aromatic N) is 3. The van der Waals surface area contributed by atoms with Crippen molar-refractivity contribution in [2.75, 3.05) is 40.3 Å². The van der Waals surface area contributed by atoms with E-state index in [9.17, 15) is 9.59 Å². The van der Waals surface area contributed by atoms with Crippen LogP contribution < -0.4 is 11.1 Å². The van der Waals surface area contributed by atoms with Crippen molar-refractivity contribution < 1.29 is 9.59 Å². The van der Waals surface area contributed by atoms with Gasteiger partial charge in [-0.2, -0.15) is 0 Å². The Kier molecular flexibility index (Phi) is 8.43. The molecule has 1 heterocycles. The van der Waals surface area contributed by atoms with Gasteiger partial charge in [0.05, 0.1) is 0 Å². The summed E-state index contributed by atoms with van der Waals surface area (Å²) in [6, 6.07) is 0. The van der Waals surface area contributed by atoms with Crippen LogP contribution in [0.15, 0.2) is 4.99 Å². The monoisotopic (exact) mass is 325 g/mol. The van der Waals surface area contributed by atoms with Crippen molar-refractivity contribution in [3.05, 3.63) is 0 Å². The Morgan fingerprint density at radius 3 is 2.74 bits per heavy atom. The molecule has 23 heavy (non-hydrogen) atoms. The number of hydrogen-bond donors (Lipinski definition) is 2. The van der Waals surface area contributed by atoms with Crippen molar-refractivity contribution in [1.82, 2.24) is 15.1 Å². The summed E-state index contributed by atoms with van der Waals surface area (Å²) in [5, 5.41) is 3.35. The molecule has 132 valence electrons. The fraction of sp³-hybridized carbons (Fsp3) is 0.812. The molecule has 0 bridgehead atoms. The number of aliphatic imine (C=N–C) groups is 1. The highest BCUT2D eigenvalue weighted by molar-refractivity contribution is 5.85. The van der Waals surface area contributed by atoms with E-state index in [1.54, 1.807) is 19.0 Å². The minimum absolute atomic E-state index is 0.0227. The first kappa shape index (κ1) is 19.3. The molecule has 1 aliphatic rings. The van der Waals surface area contributed by atoms with Crippen LogP contribution in [0.1, 0.15) is 39.0 Å². The Hall–Kier alpha value is -1.79. The number of piperidine rings is 1. The maximum atomic E-state index is 11.8. The lowest BCUT2D eigenvalue weighted by atomic mass is 9.95. The number of carbonyl (C=O) groups is 2. The van der Waals surface area contributed by atoms with Crippen LogP contribution in [0.25, 0.3) is 0 Å². The lowest BCUT2D eigenvalue weighted by Gasteiger charge is -2.34. The SMILES string of the molecule is CCCCNC(=NCC(=O)N(C)C)N1CCCC(CC(N)=O)C1. The van der Waals surface area contributed by atoms with E-state index in [2.05, 4.69) is 22.1 Å². The van der Waals surface area contributed by atoms with Gasteiger partial charge < -0.3 is 20.9 Å². The van der Waals surface area contributed by atoms with Gasteiger partial charge in [-0.05, 0) is 25.2 Å². The molecule has 1 rings (SSSR count). The van der Waals surface area contributed by atoms with Gasteiger partial charge in [0.25, 0.3) is 0 Å². The van der Waals surface area contributed by atoms with Crippen LogP contribution in [0.4, 0.5) is 0 Å². The van der Waals surface area contributed by atoms with Crippen molar-refractivity contribution in [2.24, 2.45) is 16.6 Å². The number of likely N-dealkylation sites (N-methyl/N-ethyl adjacent to an activating group) is 1. The summed E-state index contributed by atoms with van der Waals surface area (Å²) in [7, 11) is 3.46. The van der Waals surface area contributed by atoms with Gasteiger partial charge in [0.2, 0.25) is 11.8 Å². The van der Waals surface area contributed by atoms with Gasteiger partial charge in [0.1, 0.15) is 6.54 Å². The van der Waals surface area contributed by atoms with E-state index in [1.165, 1.54) is 0 Å². The lowest BCUT2D eigenvalue weighted by molar-refractivity contribution is -0.127. The number of nitrogens with one attached hydrogen (secondary N) is 1. The quantitative estimate of drug-likeness (QED) is 0.403. The van der Waals surface area contributed by atoms with E-state index < -0.39 is 0 Å². The first-order valence-corrected chi connectivity index (χ1v) is 8.45. The van der Waals surface area contributed by atoms with Gasteiger partial charge in [-0.25, -0.2) is 4.99 Å². The van der Waals surface area contributed by atoms with Gasteiger partial charge in [-0.3, -0.25) is 9.59 Å². The minimum Gasteiger partial charge on any atom is -0.370 e. The molecule has 1 fully saturated rings. The maximum Gasteiger partial charge on any atom is 0.243 e. The van der Waals surface area contributed by atoms with Crippen LogP contribution in [0, 0.1) is 5.92 Å². The summed E-state index contributed by atoms with van der Waals surface area (Å²) in [5.74, 6) is 0.759. The first-order valence-electron chi connectivity index (χ1n) is 8.45. The van der Waals surface area contributed by atoms with Crippen LogP contribution >= 0.6 is 0 Å². The molecule has 0 aromatic rings. The van der Waals surface area contributed by atoms with Crippen molar-refractivity contribution >= 4 is 17.8 Å². The summed E-state index contributed by atoms with van der Waals surface area (Å²) in [6.07, 6.45) is 4.59. The molecule has 1 aliphatic heterocycles. The molecule has 0 aromatic heterocycles. The fourth-order valence-corrected chi connectivity index (χ4v) is 2.64. The second-order valence-corrected chi connectivity index (χ2v) is 6.33. The Balaban J connectivity index is 2.70. The average molecular weight is 325 g/mol. The zero-order chi connectivity index (χ0) is 17.2. The predicted octanol–water partition coefficient (Wildman–Crippen LogP) is 0.408. The summed E-state index contributed by atoms with van der Waals surface area (Å²) in [6.45, 7) is 4.76. The molecule has 7 heteroatoms. The average Bonchev–Trinajstić information content (AvgIpc) is 2.49. The number of amides is 2. The highest BCUT2D eigenvalue weighted by Crippen LogP contribution is 2.19. The third-order valence-corrected chi connectivity index (χ3v) is 3.98. The van der Waals surface area contributed by atoms with Crippen LogP contribution in [0.5, 0.6) is 0 Å². The summed E-state index contributed by atoms with van der Waals surface area (Å²) in [5.41, 5.74) is 5.32. The number of primary amides is 1. The third-order valence-electron chi connectivity index (χ3n) is 3.98. The molecule has 1 saturated heterocycles. The fourth-order valence-electron chi connectivity index (χ4n) is 2.64. The molecule has 2 amide bonds. The van der Waals surface area contributed by atoms with E-state index in [-0.39, 0.29) is 24.3 Å². The molecule has 0 aromatic carbocycles. The van der Waals surface area contributed by atoms with Gasteiger partial charge >= 0.3 is 0 Å². The maximum absolute atomic E-state index is 11.8. The van der Waals surface area contributed by atoms with E-state index in [4.69, 9.17) is 5.73 Å². The number of carbonyl (C=O) groups excluding carboxylic acids is 2. The second kappa shape index (κ2) is 10.1. The number of likely N-dealkylation sites (tertiary alicyclic amines) is 1. The number of rotatable bonds is 7. The molecule has 7 nitrogen and oxygen atoms in total. The lowest BCUT2D eigenvalue weighted by Crippen LogP contribution is -2.47. The molecule has 0 spiro atoms. The molecular weight excluding hydrogens is 294 g/mol. The molecule has 3 N–H and O–H groups in total. The Morgan fingerprint density at radius 2 is 2.13 bits per heavy atom. The Labute approximate surface area is 139 Å². The van der Waals surface area contributed by atoms with E-state index in [1.807, 2.05) is 0 Å². The standard InChI is InChI=1S/C16H31N5O2/c1-4-5-8-18-16(19-11-15(23)20(2)3)21-9-6-7-13(12-21)10-14(17)22/h13H,4-12H2,1-3H3,(H2,17,22)(H,18,19). The van der Waals surface area contributed by atoms with Crippen molar-refractivity contribution in [1.29, 1.82) is 0 Å². The van der Waals surface area contributed by atoms with E-state index in [0.29, 0.717) is 6.42 Å². The summed E-state index contributed by atoms with van der Waals surface area (Å²) in [4.78, 5) is 31.1. The molecule has 0 saturated carbocycles. The van der Waals surface area contributed by atoms with Crippen molar-refractivity contribution in [2.45, 2.75) is 39.0 Å².